The first kappa shape index (κ1) is 21.1. The van der Waals surface area contributed by atoms with Gasteiger partial charge in [0.25, 0.3) is 5.91 Å². The second kappa shape index (κ2) is 8.39. The van der Waals surface area contributed by atoms with Crippen molar-refractivity contribution in [2.75, 3.05) is 10.6 Å². The van der Waals surface area contributed by atoms with Crippen molar-refractivity contribution in [2.45, 2.75) is 57.2 Å². The molecule has 0 spiro atoms. The number of anilines is 3. The SMILES string of the molecule is Cc1cc(Nc2nc(N[C@@H]3C[C@H]4CCC[C@@H](C3)N4C(=O)c3cn(C)cn3)nc3sccc23)n[nH]1. The summed E-state index contributed by atoms with van der Waals surface area (Å²) in [4.78, 5) is 30.1. The molecule has 6 rings (SSSR count). The first-order valence-corrected chi connectivity index (χ1v) is 12.5. The normalized spacial score (nSPS) is 22.2. The number of amides is 1. The number of piperidine rings is 2. The Morgan fingerprint density at radius 1 is 1.24 bits per heavy atom. The number of nitrogens with zero attached hydrogens (tertiary/aromatic N) is 6. The number of rotatable bonds is 5. The van der Waals surface area contributed by atoms with Gasteiger partial charge in [0.05, 0.1) is 11.7 Å². The maximum absolute atomic E-state index is 13.2. The summed E-state index contributed by atoms with van der Waals surface area (Å²) in [6.07, 6.45) is 8.44. The van der Waals surface area contributed by atoms with Crippen LogP contribution in [0.15, 0.2) is 30.0 Å². The van der Waals surface area contributed by atoms with E-state index in [0.717, 1.165) is 59.7 Å². The topological polar surface area (TPSA) is 117 Å². The van der Waals surface area contributed by atoms with Crippen LogP contribution in [-0.2, 0) is 7.05 Å². The fourth-order valence-electron chi connectivity index (χ4n) is 5.29. The Hall–Kier alpha value is -3.47. The molecule has 2 saturated heterocycles. The molecule has 0 aliphatic carbocycles. The van der Waals surface area contributed by atoms with Crippen LogP contribution in [0.3, 0.4) is 0 Å². The van der Waals surface area contributed by atoms with E-state index in [1.54, 1.807) is 17.7 Å². The summed E-state index contributed by atoms with van der Waals surface area (Å²) in [6, 6.07) is 4.59. The van der Waals surface area contributed by atoms with Crippen molar-refractivity contribution in [1.29, 1.82) is 0 Å². The van der Waals surface area contributed by atoms with Crippen LogP contribution in [-0.4, -0.2) is 58.6 Å². The third kappa shape index (κ3) is 3.89. The second-order valence-electron chi connectivity index (χ2n) is 9.28. The van der Waals surface area contributed by atoms with E-state index in [0.29, 0.717) is 11.6 Å². The van der Waals surface area contributed by atoms with Gasteiger partial charge in [-0.05, 0) is 50.5 Å². The van der Waals surface area contributed by atoms with Crippen LogP contribution in [0.4, 0.5) is 17.6 Å². The van der Waals surface area contributed by atoms with Crippen molar-refractivity contribution in [1.82, 2.24) is 34.6 Å². The van der Waals surface area contributed by atoms with E-state index in [-0.39, 0.29) is 24.0 Å². The summed E-state index contributed by atoms with van der Waals surface area (Å²) < 4.78 is 1.82. The molecule has 10 nitrogen and oxygen atoms in total. The molecule has 34 heavy (non-hydrogen) atoms. The van der Waals surface area contributed by atoms with Crippen molar-refractivity contribution in [2.24, 2.45) is 7.05 Å². The van der Waals surface area contributed by atoms with Gasteiger partial charge in [0.2, 0.25) is 5.95 Å². The molecule has 3 atom stereocenters. The Morgan fingerprint density at radius 2 is 2.06 bits per heavy atom. The average Bonchev–Trinajstić information content (AvgIpc) is 3.54. The van der Waals surface area contributed by atoms with Gasteiger partial charge in [0.1, 0.15) is 16.3 Å². The van der Waals surface area contributed by atoms with Gasteiger partial charge in [-0.15, -0.1) is 11.3 Å². The molecule has 2 bridgehead atoms. The van der Waals surface area contributed by atoms with Gasteiger partial charge in [-0.3, -0.25) is 9.89 Å². The zero-order valence-electron chi connectivity index (χ0n) is 19.2. The van der Waals surface area contributed by atoms with E-state index in [1.807, 2.05) is 42.2 Å². The lowest BCUT2D eigenvalue weighted by Gasteiger charge is -2.48. The molecule has 0 radical (unpaired) electrons. The van der Waals surface area contributed by atoms with Crippen molar-refractivity contribution in [3.8, 4) is 0 Å². The first-order valence-electron chi connectivity index (χ1n) is 11.6. The Bertz CT molecular complexity index is 1330. The predicted octanol–water partition coefficient (Wildman–Crippen LogP) is 3.84. The number of carbonyl (C=O) groups excluding carboxylic acids is 1. The van der Waals surface area contributed by atoms with E-state index in [2.05, 4.69) is 30.7 Å². The van der Waals surface area contributed by atoms with Crippen LogP contribution in [0.25, 0.3) is 10.2 Å². The molecule has 2 aliphatic heterocycles. The number of fused-ring (bicyclic) bond motifs is 3. The van der Waals surface area contributed by atoms with Gasteiger partial charge >= 0.3 is 0 Å². The Balaban J connectivity index is 1.22. The van der Waals surface area contributed by atoms with Gasteiger partial charge in [-0.25, -0.2) is 9.97 Å². The lowest BCUT2D eigenvalue weighted by Crippen LogP contribution is -2.57. The van der Waals surface area contributed by atoms with E-state index < -0.39 is 0 Å². The number of imidazole rings is 1. The molecule has 0 unspecified atom stereocenters. The standard InChI is InChI=1S/C23H27N9OS/c1-13-8-19(30-29-13)26-20-17-6-7-34-21(17)28-23(27-20)25-14-9-15-4-3-5-16(10-14)32(15)22(33)18-11-31(2)12-24-18/h6-8,11-12,14-16H,3-5,9-10H2,1-2H3,(H3,25,26,27,28,29,30)/t14-,15-,16+. The summed E-state index contributed by atoms with van der Waals surface area (Å²) in [5.74, 6) is 2.12. The molecule has 0 aromatic carbocycles. The van der Waals surface area contributed by atoms with Crippen molar-refractivity contribution < 1.29 is 4.79 Å². The predicted molar refractivity (Wildman–Crippen MR) is 131 cm³/mol. The van der Waals surface area contributed by atoms with Gasteiger partial charge in [0, 0.05) is 43.1 Å². The molecular formula is C23H27N9OS. The van der Waals surface area contributed by atoms with Crippen molar-refractivity contribution >= 4 is 45.0 Å². The molecule has 4 aromatic rings. The molecule has 176 valence electrons. The minimum atomic E-state index is 0.0470. The first-order chi connectivity index (χ1) is 16.5. The fraction of sp³-hybridized carbons (Fsp3) is 0.435. The summed E-state index contributed by atoms with van der Waals surface area (Å²) in [5.41, 5.74) is 1.51. The fourth-order valence-corrected chi connectivity index (χ4v) is 6.05. The number of H-pyrrole nitrogens is 1. The summed E-state index contributed by atoms with van der Waals surface area (Å²) in [5, 5.41) is 17.1. The molecular weight excluding hydrogens is 450 g/mol. The summed E-state index contributed by atoms with van der Waals surface area (Å²) in [6.45, 7) is 1.97. The molecule has 4 aromatic heterocycles. The summed E-state index contributed by atoms with van der Waals surface area (Å²) in [7, 11) is 1.89. The minimum Gasteiger partial charge on any atom is -0.351 e. The monoisotopic (exact) mass is 477 g/mol. The van der Waals surface area contributed by atoms with Gasteiger partial charge < -0.3 is 20.1 Å². The maximum atomic E-state index is 13.2. The van der Waals surface area contributed by atoms with Crippen molar-refractivity contribution in [3.05, 3.63) is 41.4 Å². The average molecular weight is 478 g/mol. The van der Waals surface area contributed by atoms with Crippen molar-refractivity contribution in [3.63, 3.8) is 0 Å². The number of carbonyl (C=O) groups is 1. The third-order valence-electron chi connectivity index (χ3n) is 6.74. The lowest BCUT2D eigenvalue weighted by atomic mass is 9.81. The number of nitrogens with one attached hydrogen (secondary N) is 3. The largest absolute Gasteiger partial charge is 0.351 e. The smallest absolute Gasteiger partial charge is 0.274 e. The zero-order chi connectivity index (χ0) is 23.2. The lowest BCUT2D eigenvalue weighted by molar-refractivity contribution is 0.0254. The highest BCUT2D eigenvalue weighted by atomic mass is 32.1. The van der Waals surface area contributed by atoms with E-state index in [9.17, 15) is 4.79 Å². The number of hydrogen-bond acceptors (Lipinski definition) is 8. The quantitative estimate of drug-likeness (QED) is 0.400. The highest BCUT2D eigenvalue weighted by molar-refractivity contribution is 7.16. The number of aryl methyl sites for hydroxylation is 2. The number of hydrogen-bond donors (Lipinski definition) is 3. The van der Waals surface area contributed by atoms with Crippen LogP contribution < -0.4 is 10.6 Å². The highest BCUT2D eigenvalue weighted by Gasteiger charge is 2.41. The number of aromatic nitrogens is 6. The van der Waals surface area contributed by atoms with E-state index in [1.165, 1.54) is 0 Å². The van der Waals surface area contributed by atoms with E-state index >= 15 is 0 Å². The highest BCUT2D eigenvalue weighted by Crippen LogP contribution is 2.36. The Kier molecular flexibility index (Phi) is 5.20. The van der Waals surface area contributed by atoms with Crippen LogP contribution in [0.5, 0.6) is 0 Å². The Labute approximate surface area is 200 Å². The maximum Gasteiger partial charge on any atom is 0.274 e. The molecule has 6 heterocycles. The molecule has 2 aliphatic rings. The van der Waals surface area contributed by atoms with E-state index in [4.69, 9.17) is 9.97 Å². The molecule has 1 amide bonds. The van der Waals surface area contributed by atoms with Gasteiger partial charge in [-0.1, -0.05) is 0 Å². The van der Waals surface area contributed by atoms with Crippen LogP contribution >= 0.6 is 11.3 Å². The molecule has 2 fully saturated rings. The Morgan fingerprint density at radius 3 is 2.76 bits per heavy atom. The number of aromatic amines is 1. The molecule has 0 saturated carbocycles. The summed E-state index contributed by atoms with van der Waals surface area (Å²) >= 11 is 1.59. The van der Waals surface area contributed by atoms with Gasteiger partial charge in [0.15, 0.2) is 5.82 Å². The van der Waals surface area contributed by atoms with Crippen LogP contribution in [0.1, 0.15) is 48.3 Å². The molecule has 11 heteroatoms. The second-order valence-corrected chi connectivity index (χ2v) is 10.2. The zero-order valence-corrected chi connectivity index (χ0v) is 20.0. The van der Waals surface area contributed by atoms with Crippen LogP contribution in [0, 0.1) is 6.92 Å². The molecule has 3 N–H and O–H groups in total. The van der Waals surface area contributed by atoms with Gasteiger partial charge in [-0.2, -0.15) is 10.1 Å². The van der Waals surface area contributed by atoms with Crippen LogP contribution in [0.2, 0.25) is 0 Å². The third-order valence-corrected chi connectivity index (χ3v) is 7.55. The minimum absolute atomic E-state index is 0.0470. The number of thiophene rings is 1.